The summed E-state index contributed by atoms with van der Waals surface area (Å²) in [5, 5.41) is 3.18. The fourth-order valence-corrected chi connectivity index (χ4v) is 1.23. The number of rotatable bonds is 6. The van der Waals surface area contributed by atoms with Crippen molar-refractivity contribution in [3.05, 3.63) is 24.3 Å². The zero-order chi connectivity index (χ0) is 11.1. The van der Waals surface area contributed by atoms with E-state index in [0.717, 1.165) is 11.4 Å². The van der Waals surface area contributed by atoms with E-state index in [9.17, 15) is 4.79 Å². The van der Waals surface area contributed by atoms with Gasteiger partial charge < -0.3 is 10.1 Å². The summed E-state index contributed by atoms with van der Waals surface area (Å²) in [6.45, 7) is 2.58. The Labute approximate surface area is 90.4 Å². The monoisotopic (exact) mass is 207 g/mol. The molecule has 0 saturated carbocycles. The first-order chi connectivity index (χ1) is 7.26. The van der Waals surface area contributed by atoms with Gasteiger partial charge in [-0.15, -0.1) is 0 Å². The van der Waals surface area contributed by atoms with Gasteiger partial charge in [-0.3, -0.25) is 4.79 Å². The highest BCUT2D eigenvalue weighted by Crippen LogP contribution is 2.14. The van der Waals surface area contributed by atoms with E-state index >= 15 is 0 Å². The van der Waals surface area contributed by atoms with Crippen molar-refractivity contribution in [2.45, 2.75) is 19.8 Å². The molecule has 0 aromatic heterocycles. The van der Waals surface area contributed by atoms with Crippen LogP contribution >= 0.6 is 0 Å². The van der Waals surface area contributed by atoms with Gasteiger partial charge in [-0.1, -0.05) is 6.92 Å². The zero-order valence-electron chi connectivity index (χ0n) is 9.25. The largest absolute Gasteiger partial charge is 0.497 e. The summed E-state index contributed by atoms with van der Waals surface area (Å²) >= 11 is 0. The normalized spacial score (nSPS) is 9.73. The number of hydrogen-bond donors (Lipinski definition) is 1. The number of nitrogens with one attached hydrogen (secondary N) is 1. The molecule has 1 N–H and O–H groups in total. The number of methoxy groups -OCH3 is 1. The molecule has 0 aliphatic heterocycles. The molecule has 3 heteroatoms. The second-order valence-electron chi connectivity index (χ2n) is 3.30. The molecule has 0 fully saturated rings. The number of hydrogen-bond acceptors (Lipinski definition) is 3. The van der Waals surface area contributed by atoms with Crippen molar-refractivity contribution in [3.8, 4) is 5.75 Å². The number of ether oxygens (including phenoxy) is 1. The van der Waals surface area contributed by atoms with Gasteiger partial charge in [-0.25, -0.2) is 0 Å². The second-order valence-corrected chi connectivity index (χ2v) is 3.30. The molecule has 0 bridgehead atoms. The quantitative estimate of drug-likeness (QED) is 0.778. The Morgan fingerprint density at radius 3 is 2.53 bits per heavy atom. The van der Waals surface area contributed by atoms with Crippen LogP contribution in [0.4, 0.5) is 5.69 Å². The summed E-state index contributed by atoms with van der Waals surface area (Å²) < 4.78 is 5.05. The zero-order valence-corrected chi connectivity index (χ0v) is 9.25. The van der Waals surface area contributed by atoms with Crippen molar-refractivity contribution >= 4 is 11.5 Å². The van der Waals surface area contributed by atoms with Crippen molar-refractivity contribution in [2.75, 3.05) is 19.0 Å². The van der Waals surface area contributed by atoms with Crippen LogP contribution in [0.25, 0.3) is 0 Å². The lowest BCUT2D eigenvalue weighted by Gasteiger charge is -2.06. The minimum absolute atomic E-state index is 0.288. The summed E-state index contributed by atoms with van der Waals surface area (Å²) in [6, 6.07) is 7.67. The van der Waals surface area contributed by atoms with Gasteiger partial charge in [0.15, 0.2) is 0 Å². The Balaban J connectivity index is 2.34. The molecular formula is C12H17NO2. The molecule has 0 spiro atoms. The van der Waals surface area contributed by atoms with Crippen LogP contribution in [0, 0.1) is 0 Å². The summed E-state index contributed by atoms with van der Waals surface area (Å²) in [6.07, 6.45) is 1.20. The summed E-state index contributed by atoms with van der Waals surface area (Å²) in [7, 11) is 1.64. The topological polar surface area (TPSA) is 38.3 Å². The third-order valence-corrected chi connectivity index (χ3v) is 2.22. The van der Waals surface area contributed by atoms with Crippen LogP contribution in [0.15, 0.2) is 24.3 Å². The van der Waals surface area contributed by atoms with Gasteiger partial charge in [0.1, 0.15) is 11.5 Å². The Bertz CT molecular complexity index is 306. The van der Waals surface area contributed by atoms with Gasteiger partial charge in [-0.2, -0.15) is 0 Å². The summed E-state index contributed by atoms with van der Waals surface area (Å²) in [4.78, 5) is 11.0. The molecule has 0 saturated heterocycles. The minimum Gasteiger partial charge on any atom is -0.497 e. The third kappa shape index (κ3) is 4.02. The maximum Gasteiger partial charge on any atom is 0.134 e. The molecule has 1 aromatic carbocycles. The van der Waals surface area contributed by atoms with Gasteiger partial charge in [0.05, 0.1) is 7.11 Å². The Morgan fingerprint density at radius 2 is 2.00 bits per heavy atom. The Hall–Kier alpha value is -1.51. The SMILES string of the molecule is CCC(=O)CCNc1ccc(OC)cc1. The lowest BCUT2D eigenvalue weighted by Crippen LogP contribution is -2.07. The second kappa shape index (κ2) is 6.06. The average molecular weight is 207 g/mol. The molecule has 0 amide bonds. The Morgan fingerprint density at radius 1 is 1.33 bits per heavy atom. The number of Topliss-reactive ketones (excluding diaryl/α,β-unsaturated/α-hetero) is 1. The van der Waals surface area contributed by atoms with E-state index in [1.807, 2.05) is 31.2 Å². The van der Waals surface area contributed by atoms with E-state index in [1.54, 1.807) is 7.11 Å². The van der Waals surface area contributed by atoms with Gasteiger partial charge in [0, 0.05) is 25.1 Å². The number of ketones is 1. The van der Waals surface area contributed by atoms with Crippen LogP contribution in [0.2, 0.25) is 0 Å². The van der Waals surface area contributed by atoms with Gasteiger partial charge in [0.2, 0.25) is 0 Å². The lowest BCUT2D eigenvalue weighted by atomic mass is 10.2. The van der Waals surface area contributed by atoms with Crippen LogP contribution in [0.1, 0.15) is 19.8 Å². The smallest absolute Gasteiger partial charge is 0.134 e. The van der Waals surface area contributed by atoms with Gasteiger partial charge in [0.25, 0.3) is 0 Å². The first-order valence-corrected chi connectivity index (χ1v) is 5.16. The molecule has 1 aromatic rings. The van der Waals surface area contributed by atoms with E-state index in [1.165, 1.54) is 0 Å². The average Bonchev–Trinajstić information content (AvgIpc) is 2.29. The fraction of sp³-hybridized carbons (Fsp3) is 0.417. The van der Waals surface area contributed by atoms with Crippen LogP contribution < -0.4 is 10.1 Å². The number of benzene rings is 1. The number of carbonyl (C=O) groups is 1. The number of anilines is 1. The molecule has 15 heavy (non-hydrogen) atoms. The lowest BCUT2D eigenvalue weighted by molar-refractivity contribution is -0.118. The van der Waals surface area contributed by atoms with E-state index in [2.05, 4.69) is 5.32 Å². The molecule has 0 aliphatic carbocycles. The molecule has 3 nitrogen and oxygen atoms in total. The highest BCUT2D eigenvalue weighted by atomic mass is 16.5. The first kappa shape index (κ1) is 11.6. The maximum absolute atomic E-state index is 11.0. The molecular weight excluding hydrogens is 190 g/mol. The minimum atomic E-state index is 0.288. The van der Waals surface area contributed by atoms with E-state index in [4.69, 9.17) is 4.74 Å². The first-order valence-electron chi connectivity index (χ1n) is 5.16. The fourth-order valence-electron chi connectivity index (χ4n) is 1.23. The van der Waals surface area contributed by atoms with E-state index in [-0.39, 0.29) is 5.78 Å². The van der Waals surface area contributed by atoms with Crippen molar-refractivity contribution in [3.63, 3.8) is 0 Å². The van der Waals surface area contributed by atoms with Crippen molar-refractivity contribution in [1.29, 1.82) is 0 Å². The van der Waals surface area contributed by atoms with Crippen LogP contribution in [-0.4, -0.2) is 19.4 Å². The summed E-state index contributed by atoms with van der Waals surface area (Å²) in [5.41, 5.74) is 1.01. The van der Waals surface area contributed by atoms with E-state index < -0.39 is 0 Å². The molecule has 1 rings (SSSR count). The predicted octanol–water partition coefficient (Wildman–Crippen LogP) is 2.48. The molecule has 0 aliphatic rings. The van der Waals surface area contributed by atoms with Crippen molar-refractivity contribution in [2.24, 2.45) is 0 Å². The van der Waals surface area contributed by atoms with Crippen molar-refractivity contribution in [1.82, 2.24) is 0 Å². The van der Waals surface area contributed by atoms with Crippen LogP contribution in [0.5, 0.6) is 5.75 Å². The highest BCUT2D eigenvalue weighted by molar-refractivity contribution is 5.78. The molecule has 0 heterocycles. The molecule has 82 valence electrons. The predicted molar refractivity (Wildman–Crippen MR) is 61.4 cm³/mol. The Kier molecular flexibility index (Phi) is 4.68. The molecule has 0 radical (unpaired) electrons. The standard InChI is InChI=1S/C12H17NO2/c1-3-11(14)8-9-13-10-4-6-12(15-2)7-5-10/h4-7,13H,3,8-9H2,1-2H3. The summed E-state index contributed by atoms with van der Waals surface area (Å²) in [5.74, 6) is 1.13. The van der Waals surface area contributed by atoms with Gasteiger partial charge in [-0.05, 0) is 24.3 Å². The van der Waals surface area contributed by atoms with E-state index in [0.29, 0.717) is 19.4 Å². The van der Waals surface area contributed by atoms with Crippen molar-refractivity contribution < 1.29 is 9.53 Å². The third-order valence-electron chi connectivity index (χ3n) is 2.22. The van der Waals surface area contributed by atoms with Gasteiger partial charge >= 0.3 is 0 Å². The maximum atomic E-state index is 11.0. The number of carbonyl (C=O) groups excluding carboxylic acids is 1. The van der Waals surface area contributed by atoms with Crippen LogP contribution in [0.3, 0.4) is 0 Å². The molecule has 0 atom stereocenters. The molecule has 0 unspecified atom stereocenters. The highest BCUT2D eigenvalue weighted by Gasteiger charge is 1.97. The van der Waals surface area contributed by atoms with Crippen LogP contribution in [-0.2, 0) is 4.79 Å².